The van der Waals surface area contributed by atoms with Gasteiger partial charge in [0.2, 0.25) is 11.8 Å². The summed E-state index contributed by atoms with van der Waals surface area (Å²) >= 11 is 0. The molecule has 0 unspecified atom stereocenters. The Balaban J connectivity index is 1.02. The average molecular weight is 670 g/mol. The minimum Gasteiger partial charge on any atom is -0.397 e. The number of benzene rings is 3. The number of likely N-dealkylation sites (tertiary alicyclic amines) is 2. The van der Waals surface area contributed by atoms with E-state index < -0.39 is 6.29 Å². The van der Waals surface area contributed by atoms with Gasteiger partial charge in [0.05, 0.1) is 30.2 Å². The molecular formula is C39H51N5O5. The molecule has 3 aromatic rings. The molecule has 0 aromatic heterocycles. The largest absolute Gasteiger partial charge is 0.397 e. The normalized spacial score (nSPS) is 23.0. The third kappa shape index (κ3) is 9.89. The fourth-order valence-electron chi connectivity index (χ4n) is 7.21. The van der Waals surface area contributed by atoms with Gasteiger partial charge in [-0.15, -0.1) is 0 Å². The van der Waals surface area contributed by atoms with Gasteiger partial charge in [0.25, 0.3) is 0 Å². The van der Waals surface area contributed by atoms with Crippen LogP contribution in [0.15, 0.2) is 72.8 Å². The molecule has 10 heteroatoms. The van der Waals surface area contributed by atoms with Crippen molar-refractivity contribution in [3.8, 4) is 0 Å². The number of carbonyl (C=O) groups excluding carboxylic acids is 2. The molecule has 3 saturated heterocycles. The van der Waals surface area contributed by atoms with E-state index in [0.717, 1.165) is 48.3 Å². The van der Waals surface area contributed by atoms with Crippen LogP contribution in [-0.2, 0) is 32.2 Å². The zero-order valence-electron chi connectivity index (χ0n) is 28.4. The summed E-state index contributed by atoms with van der Waals surface area (Å²) in [5.74, 6) is -0.264. The first-order valence-electron chi connectivity index (χ1n) is 17.9. The Bertz CT molecular complexity index is 1510. The molecule has 0 spiro atoms. The molecule has 3 aliphatic heterocycles. The van der Waals surface area contributed by atoms with Crippen LogP contribution in [0.2, 0.25) is 0 Å². The molecule has 10 nitrogen and oxygen atoms in total. The molecule has 3 aliphatic rings. The van der Waals surface area contributed by atoms with Crippen LogP contribution in [0, 0.1) is 0 Å². The third-order valence-corrected chi connectivity index (χ3v) is 10.0. The second-order valence-electron chi connectivity index (χ2n) is 13.7. The van der Waals surface area contributed by atoms with E-state index in [1.165, 1.54) is 38.8 Å². The SMILES string of the molecule is Nc1ccccc1NC(=O)CCCC(=O)NCc1ccc([C@H]2O[C@@H](CN3CCC[C@H]3CN3CCCC3)C[C@@H](c3ccc(CO)cc3)O2)cc1. The first kappa shape index (κ1) is 35.0. The highest BCUT2D eigenvalue weighted by atomic mass is 16.7. The number of nitrogens with one attached hydrogen (secondary N) is 2. The minimum atomic E-state index is -0.512. The Kier molecular flexibility index (Phi) is 12.3. The van der Waals surface area contributed by atoms with E-state index in [-0.39, 0.29) is 43.5 Å². The van der Waals surface area contributed by atoms with E-state index in [4.69, 9.17) is 15.2 Å². The van der Waals surface area contributed by atoms with Gasteiger partial charge in [-0.1, -0.05) is 60.7 Å². The van der Waals surface area contributed by atoms with Crippen LogP contribution in [0.3, 0.4) is 0 Å². The van der Waals surface area contributed by atoms with Crippen LogP contribution < -0.4 is 16.4 Å². The average Bonchev–Trinajstić information content (AvgIpc) is 3.81. The number of nitrogens with two attached hydrogens (primary N) is 1. The van der Waals surface area contributed by atoms with Gasteiger partial charge in [-0.3, -0.25) is 14.5 Å². The van der Waals surface area contributed by atoms with E-state index in [1.54, 1.807) is 12.1 Å². The smallest absolute Gasteiger partial charge is 0.224 e. The number of rotatable bonds is 14. The van der Waals surface area contributed by atoms with E-state index in [9.17, 15) is 14.7 Å². The van der Waals surface area contributed by atoms with Crippen LogP contribution in [0.1, 0.15) is 86.0 Å². The van der Waals surface area contributed by atoms with E-state index in [0.29, 0.717) is 30.4 Å². The molecule has 3 fully saturated rings. The third-order valence-electron chi connectivity index (χ3n) is 10.0. The molecule has 4 atom stereocenters. The summed E-state index contributed by atoms with van der Waals surface area (Å²) in [7, 11) is 0. The van der Waals surface area contributed by atoms with Gasteiger partial charge in [-0.25, -0.2) is 0 Å². The van der Waals surface area contributed by atoms with Gasteiger partial charge in [0, 0.05) is 50.5 Å². The van der Waals surface area contributed by atoms with E-state index in [1.807, 2.05) is 48.5 Å². The minimum absolute atomic E-state index is 0.0160. The van der Waals surface area contributed by atoms with E-state index >= 15 is 0 Å². The molecule has 0 bridgehead atoms. The molecular weight excluding hydrogens is 618 g/mol. The summed E-state index contributed by atoms with van der Waals surface area (Å²) in [5.41, 5.74) is 10.9. The monoisotopic (exact) mass is 669 g/mol. The summed E-state index contributed by atoms with van der Waals surface area (Å²) in [5, 5.41) is 15.3. The highest BCUT2D eigenvalue weighted by molar-refractivity contribution is 5.93. The van der Waals surface area contributed by atoms with Crippen molar-refractivity contribution in [1.29, 1.82) is 0 Å². The van der Waals surface area contributed by atoms with Crippen molar-refractivity contribution in [2.45, 2.75) is 89.1 Å². The number of hydrogen-bond donors (Lipinski definition) is 4. The Labute approximate surface area is 289 Å². The van der Waals surface area contributed by atoms with Gasteiger partial charge < -0.3 is 35.8 Å². The molecule has 3 aromatic carbocycles. The van der Waals surface area contributed by atoms with Gasteiger partial charge in [0.15, 0.2) is 6.29 Å². The number of hydrogen-bond acceptors (Lipinski definition) is 8. The van der Waals surface area contributed by atoms with E-state index in [2.05, 4.69) is 32.6 Å². The van der Waals surface area contributed by atoms with Crippen molar-refractivity contribution >= 4 is 23.2 Å². The fourth-order valence-corrected chi connectivity index (χ4v) is 7.21. The number of aliphatic hydroxyl groups excluding tert-OH is 1. The number of carbonyl (C=O) groups is 2. The lowest BCUT2D eigenvalue weighted by Crippen LogP contribution is -2.45. The topological polar surface area (TPSA) is 129 Å². The number of nitrogens with zero attached hydrogens (tertiary/aromatic N) is 2. The molecule has 49 heavy (non-hydrogen) atoms. The van der Waals surface area contributed by atoms with Gasteiger partial charge in [0.1, 0.15) is 0 Å². The summed E-state index contributed by atoms with van der Waals surface area (Å²) in [6.45, 7) is 5.99. The van der Waals surface area contributed by atoms with Crippen molar-refractivity contribution in [1.82, 2.24) is 15.1 Å². The van der Waals surface area contributed by atoms with Gasteiger partial charge >= 0.3 is 0 Å². The summed E-state index contributed by atoms with van der Waals surface area (Å²) in [6.07, 6.45) is 6.20. The van der Waals surface area contributed by atoms with Crippen molar-refractivity contribution in [2.24, 2.45) is 0 Å². The Morgan fingerprint density at radius 1 is 0.816 bits per heavy atom. The molecule has 2 amide bonds. The van der Waals surface area contributed by atoms with Crippen LogP contribution in [0.5, 0.6) is 0 Å². The van der Waals surface area contributed by atoms with Crippen LogP contribution >= 0.6 is 0 Å². The second-order valence-corrected chi connectivity index (χ2v) is 13.7. The first-order valence-corrected chi connectivity index (χ1v) is 17.9. The molecule has 262 valence electrons. The lowest BCUT2D eigenvalue weighted by molar-refractivity contribution is -0.253. The van der Waals surface area contributed by atoms with Crippen LogP contribution in [0.25, 0.3) is 0 Å². The predicted octanol–water partition coefficient (Wildman–Crippen LogP) is 5.29. The molecule has 0 aliphatic carbocycles. The molecule has 6 rings (SSSR count). The fraction of sp³-hybridized carbons (Fsp3) is 0.487. The second kappa shape index (κ2) is 17.2. The van der Waals surface area contributed by atoms with Gasteiger partial charge in [-0.2, -0.15) is 0 Å². The molecule has 0 saturated carbocycles. The lowest BCUT2D eigenvalue weighted by atomic mass is 9.99. The molecule has 0 radical (unpaired) electrons. The molecule has 3 heterocycles. The number of para-hydroxylation sites is 2. The van der Waals surface area contributed by atoms with Crippen LogP contribution in [-0.4, -0.2) is 71.6 Å². The number of ether oxygens (including phenoxy) is 2. The van der Waals surface area contributed by atoms with Crippen molar-refractivity contribution < 1.29 is 24.2 Å². The van der Waals surface area contributed by atoms with Crippen LogP contribution in [0.4, 0.5) is 11.4 Å². The molecule has 5 N–H and O–H groups in total. The predicted molar refractivity (Wildman–Crippen MR) is 190 cm³/mol. The first-order chi connectivity index (χ1) is 23.9. The Hall–Kier alpha value is -3.80. The van der Waals surface area contributed by atoms with Crippen molar-refractivity contribution in [3.05, 3.63) is 95.1 Å². The standard InChI is InChI=1S/C39H51N5O5/c40-34-8-1-2-9-35(34)42-38(47)11-5-10-37(46)41-24-28-12-18-31(19-13-28)39-48-33(23-36(49-39)30-16-14-29(27-45)15-17-30)26-44-22-6-7-32(44)25-43-20-3-4-21-43/h1-2,8-9,12-19,32-33,36,39,45H,3-7,10-11,20-27,40H2,(H,41,46)(H,42,47)/t32-,33+,36-,39-/m0/s1. The zero-order valence-corrected chi connectivity index (χ0v) is 28.4. The highest BCUT2D eigenvalue weighted by Gasteiger charge is 2.36. The number of anilines is 2. The highest BCUT2D eigenvalue weighted by Crippen LogP contribution is 2.39. The Morgan fingerprint density at radius 3 is 2.29 bits per heavy atom. The maximum Gasteiger partial charge on any atom is 0.224 e. The quantitative estimate of drug-likeness (QED) is 0.171. The summed E-state index contributed by atoms with van der Waals surface area (Å²) in [6, 6.07) is 23.8. The number of nitrogen functional groups attached to an aromatic ring is 1. The summed E-state index contributed by atoms with van der Waals surface area (Å²) in [4.78, 5) is 30.0. The maximum atomic E-state index is 12.5. The van der Waals surface area contributed by atoms with Gasteiger partial charge in [-0.05, 0) is 80.6 Å². The maximum absolute atomic E-state index is 12.5. The number of amides is 2. The summed E-state index contributed by atoms with van der Waals surface area (Å²) < 4.78 is 13.3. The Morgan fingerprint density at radius 2 is 1.53 bits per heavy atom. The zero-order chi connectivity index (χ0) is 34.0. The lowest BCUT2D eigenvalue weighted by Gasteiger charge is -2.39. The van der Waals surface area contributed by atoms with Crippen molar-refractivity contribution in [3.63, 3.8) is 0 Å². The van der Waals surface area contributed by atoms with Crippen molar-refractivity contribution in [2.75, 3.05) is 43.8 Å². The number of aliphatic hydroxyl groups is 1.